The number of nitrogens with one attached hydrogen (secondary N) is 1. The number of hydrogen-bond donors (Lipinski definition) is 2. The highest BCUT2D eigenvalue weighted by Gasteiger charge is 2.26. The van der Waals surface area contributed by atoms with Gasteiger partial charge in [-0.15, -0.1) is 0 Å². The molecule has 0 spiro atoms. The molecule has 0 aromatic carbocycles. The summed E-state index contributed by atoms with van der Waals surface area (Å²) >= 11 is 0. The molecule has 1 fully saturated rings. The quantitative estimate of drug-likeness (QED) is 0.790. The van der Waals surface area contributed by atoms with Crippen molar-refractivity contribution in [3.63, 3.8) is 0 Å². The molecule has 1 aliphatic heterocycles. The zero-order chi connectivity index (χ0) is 13.1. The van der Waals surface area contributed by atoms with E-state index in [0.717, 1.165) is 19.0 Å². The fourth-order valence-electron chi connectivity index (χ4n) is 2.44. The number of nitrogens with zero attached hydrogens (tertiary/aromatic N) is 1. The zero-order valence-corrected chi connectivity index (χ0v) is 12.2. The maximum atomic E-state index is 10.1. The van der Waals surface area contributed by atoms with Gasteiger partial charge in [0.1, 0.15) is 0 Å². The van der Waals surface area contributed by atoms with Gasteiger partial charge in [-0.05, 0) is 53.0 Å². The molecule has 1 heterocycles. The summed E-state index contributed by atoms with van der Waals surface area (Å²) in [5.41, 5.74) is 0.0851. The van der Waals surface area contributed by atoms with Crippen LogP contribution in [0.5, 0.6) is 0 Å². The van der Waals surface area contributed by atoms with Crippen molar-refractivity contribution in [1.29, 1.82) is 0 Å². The van der Waals surface area contributed by atoms with Gasteiger partial charge in [0.2, 0.25) is 0 Å². The largest absolute Gasteiger partial charge is 0.390 e. The number of aliphatic hydroxyl groups is 1. The summed E-state index contributed by atoms with van der Waals surface area (Å²) in [6, 6.07) is 0.605. The van der Waals surface area contributed by atoms with Crippen molar-refractivity contribution in [3.8, 4) is 0 Å². The molecule has 1 rings (SSSR count). The van der Waals surface area contributed by atoms with Gasteiger partial charge in [-0.3, -0.25) is 4.90 Å². The minimum Gasteiger partial charge on any atom is -0.390 e. The van der Waals surface area contributed by atoms with E-state index >= 15 is 0 Å². The molecule has 3 atom stereocenters. The molecule has 0 bridgehead atoms. The van der Waals surface area contributed by atoms with E-state index in [2.05, 4.69) is 44.8 Å². The molecule has 0 amide bonds. The molecule has 2 N–H and O–H groups in total. The lowest BCUT2D eigenvalue weighted by Crippen LogP contribution is -2.49. The summed E-state index contributed by atoms with van der Waals surface area (Å²) in [7, 11) is 0. The number of aliphatic hydroxyl groups excluding tert-OH is 1. The standard InChI is InChI=1S/C14H30N2O/c1-11-7-6-8-16(12(11)2)10-13(17)9-15-14(3,4)5/h11-13,15,17H,6-10H2,1-5H3. The molecular formula is C14H30N2O. The minimum absolute atomic E-state index is 0.0851. The number of hydrogen-bond acceptors (Lipinski definition) is 3. The van der Waals surface area contributed by atoms with Crippen molar-refractivity contribution in [1.82, 2.24) is 10.2 Å². The van der Waals surface area contributed by atoms with E-state index in [4.69, 9.17) is 0 Å². The first-order valence-electron chi connectivity index (χ1n) is 6.97. The summed E-state index contributed by atoms with van der Waals surface area (Å²) in [5.74, 6) is 0.756. The Hall–Kier alpha value is -0.120. The lowest BCUT2D eigenvalue weighted by molar-refractivity contribution is 0.0491. The van der Waals surface area contributed by atoms with Gasteiger partial charge in [0.05, 0.1) is 6.10 Å². The first kappa shape index (κ1) is 14.9. The van der Waals surface area contributed by atoms with E-state index in [-0.39, 0.29) is 11.6 Å². The predicted molar refractivity (Wildman–Crippen MR) is 73.2 cm³/mol. The minimum atomic E-state index is -0.262. The second-order valence-electron chi connectivity index (χ2n) is 6.64. The number of rotatable bonds is 4. The summed E-state index contributed by atoms with van der Waals surface area (Å²) in [6.45, 7) is 13.6. The summed E-state index contributed by atoms with van der Waals surface area (Å²) in [4.78, 5) is 2.43. The first-order valence-corrected chi connectivity index (χ1v) is 6.97. The second-order valence-corrected chi connectivity index (χ2v) is 6.64. The van der Waals surface area contributed by atoms with E-state index < -0.39 is 0 Å². The Morgan fingerprint density at radius 3 is 2.59 bits per heavy atom. The maximum Gasteiger partial charge on any atom is 0.0791 e. The summed E-state index contributed by atoms with van der Waals surface area (Å²) in [5, 5.41) is 13.4. The van der Waals surface area contributed by atoms with Crippen LogP contribution in [0.1, 0.15) is 47.5 Å². The molecule has 3 unspecified atom stereocenters. The highest BCUT2D eigenvalue weighted by molar-refractivity contribution is 4.81. The van der Waals surface area contributed by atoms with E-state index in [9.17, 15) is 5.11 Å². The van der Waals surface area contributed by atoms with Crippen LogP contribution in [0.15, 0.2) is 0 Å². The molecule has 1 aliphatic rings. The second kappa shape index (κ2) is 6.17. The number of likely N-dealkylation sites (tertiary alicyclic amines) is 1. The highest BCUT2D eigenvalue weighted by atomic mass is 16.3. The fraction of sp³-hybridized carbons (Fsp3) is 1.00. The monoisotopic (exact) mass is 242 g/mol. The average Bonchev–Trinajstić information content (AvgIpc) is 2.21. The Labute approximate surface area is 107 Å². The van der Waals surface area contributed by atoms with Gasteiger partial charge < -0.3 is 10.4 Å². The Morgan fingerprint density at radius 2 is 2.00 bits per heavy atom. The van der Waals surface area contributed by atoms with Crippen molar-refractivity contribution in [3.05, 3.63) is 0 Å². The van der Waals surface area contributed by atoms with Gasteiger partial charge in [0.25, 0.3) is 0 Å². The van der Waals surface area contributed by atoms with E-state index in [0.29, 0.717) is 12.6 Å². The molecule has 0 radical (unpaired) electrons. The van der Waals surface area contributed by atoms with Crippen LogP contribution in [-0.2, 0) is 0 Å². The van der Waals surface area contributed by atoms with Gasteiger partial charge in [-0.25, -0.2) is 0 Å². The molecule has 3 heteroatoms. The molecule has 1 saturated heterocycles. The number of piperidine rings is 1. The van der Waals surface area contributed by atoms with Gasteiger partial charge >= 0.3 is 0 Å². The van der Waals surface area contributed by atoms with Crippen LogP contribution in [0.2, 0.25) is 0 Å². The highest BCUT2D eigenvalue weighted by Crippen LogP contribution is 2.22. The molecule has 0 aliphatic carbocycles. The van der Waals surface area contributed by atoms with Crippen molar-refractivity contribution in [2.24, 2.45) is 5.92 Å². The van der Waals surface area contributed by atoms with Crippen LogP contribution in [0.4, 0.5) is 0 Å². The van der Waals surface area contributed by atoms with Gasteiger partial charge in [-0.1, -0.05) is 6.92 Å². The SMILES string of the molecule is CC1CCCN(CC(O)CNC(C)(C)C)C1C. The molecule has 102 valence electrons. The topological polar surface area (TPSA) is 35.5 Å². The van der Waals surface area contributed by atoms with E-state index in [1.54, 1.807) is 0 Å². The van der Waals surface area contributed by atoms with Crippen LogP contribution in [0.25, 0.3) is 0 Å². The lowest BCUT2D eigenvalue weighted by atomic mass is 9.92. The lowest BCUT2D eigenvalue weighted by Gasteiger charge is -2.39. The van der Waals surface area contributed by atoms with Crippen LogP contribution in [0.3, 0.4) is 0 Å². The Morgan fingerprint density at radius 1 is 1.35 bits per heavy atom. The molecule has 0 aromatic rings. The molecule has 17 heavy (non-hydrogen) atoms. The normalized spacial score (nSPS) is 29.3. The van der Waals surface area contributed by atoms with Gasteiger partial charge in [-0.2, -0.15) is 0 Å². The first-order chi connectivity index (χ1) is 7.79. The van der Waals surface area contributed by atoms with E-state index in [1.165, 1.54) is 12.8 Å². The molecule has 0 saturated carbocycles. The Kier molecular flexibility index (Phi) is 5.42. The Bertz CT molecular complexity index is 225. The molecule has 3 nitrogen and oxygen atoms in total. The third-order valence-corrected chi connectivity index (χ3v) is 3.82. The molecular weight excluding hydrogens is 212 g/mol. The van der Waals surface area contributed by atoms with Gasteiger partial charge in [0, 0.05) is 24.7 Å². The van der Waals surface area contributed by atoms with Crippen LogP contribution >= 0.6 is 0 Å². The van der Waals surface area contributed by atoms with Gasteiger partial charge in [0.15, 0.2) is 0 Å². The van der Waals surface area contributed by atoms with Crippen molar-refractivity contribution in [2.75, 3.05) is 19.6 Å². The average molecular weight is 242 g/mol. The zero-order valence-electron chi connectivity index (χ0n) is 12.2. The summed E-state index contributed by atoms with van der Waals surface area (Å²) in [6.07, 6.45) is 2.33. The van der Waals surface area contributed by atoms with E-state index in [1.807, 2.05) is 0 Å². The summed E-state index contributed by atoms with van der Waals surface area (Å²) < 4.78 is 0. The fourth-order valence-corrected chi connectivity index (χ4v) is 2.44. The predicted octanol–water partition coefficient (Wildman–Crippen LogP) is 1.86. The third kappa shape index (κ3) is 5.36. The molecule has 0 aromatic heterocycles. The van der Waals surface area contributed by atoms with Crippen LogP contribution in [0, 0.1) is 5.92 Å². The third-order valence-electron chi connectivity index (χ3n) is 3.82. The Balaban J connectivity index is 2.32. The van der Waals surface area contributed by atoms with Crippen molar-refractivity contribution in [2.45, 2.75) is 65.1 Å². The van der Waals surface area contributed by atoms with Crippen molar-refractivity contribution >= 4 is 0 Å². The van der Waals surface area contributed by atoms with Crippen LogP contribution < -0.4 is 5.32 Å². The smallest absolute Gasteiger partial charge is 0.0791 e. The maximum absolute atomic E-state index is 10.1. The van der Waals surface area contributed by atoms with Crippen LogP contribution in [-0.4, -0.2) is 47.3 Å². The number of β-amino-alcohol motifs (C(OH)–C–C–N with tert-alkyl or cyclic N) is 1. The van der Waals surface area contributed by atoms with Crippen molar-refractivity contribution < 1.29 is 5.11 Å².